The maximum Gasteiger partial charge on any atom is 0.267 e. The Morgan fingerprint density at radius 2 is 2.12 bits per heavy atom. The van der Waals surface area contributed by atoms with Gasteiger partial charge in [0.05, 0.1) is 12.7 Å². The molecule has 0 aliphatic carbocycles. The van der Waals surface area contributed by atoms with E-state index in [0.29, 0.717) is 25.5 Å². The SMILES string of the molecule is O=C(CCC1CCCOC1)NS(=O)(=O)c1cnn(Cc2ccccc2)c1. The minimum absolute atomic E-state index is 0.0113. The highest BCUT2D eigenvalue weighted by Crippen LogP contribution is 2.19. The maximum absolute atomic E-state index is 12.3. The Kier molecular flexibility index (Phi) is 6.05. The van der Waals surface area contributed by atoms with Crippen molar-refractivity contribution in [3.63, 3.8) is 0 Å². The fourth-order valence-electron chi connectivity index (χ4n) is 2.97. The number of nitrogens with zero attached hydrogens (tertiary/aromatic N) is 2. The van der Waals surface area contributed by atoms with Crippen LogP contribution in [0, 0.1) is 5.92 Å². The molecular weight excluding hydrogens is 354 g/mol. The van der Waals surface area contributed by atoms with Gasteiger partial charge < -0.3 is 4.74 Å². The van der Waals surface area contributed by atoms with Gasteiger partial charge in [-0.1, -0.05) is 30.3 Å². The third kappa shape index (κ3) is 5.15. The molecule has 1 aromatic heterocycles. The Hall–Kier alpha value is -2.19. The summed E-state index contributed by atoms with van der Waals surface area (Å²) < 4.78 is 33.7. The van der Waals surface area contributed by atoms with Crippen LogP contribution < -0.4 is 4.72 Å². The quantitative estimate of drug-likeness (QED) is 0.796. The number of aromatic nitrogens is 2. The molecule has 3 rings (SSSR count). The molecule has 1 fully saturated rings. The van der Waals surface area contributed by atoms with Gasteiger partial charge in [0.25, 0.3) is 10.0 Å². The van der Waals surface area contributed by atoms with Crippen LogP contribution in [0.2, 0.25) is 0 Å². The summed E-state index contributed by atoms with van der Waals surface area (Å²) in [7, 11) is -3.90. The molecule has 2 aromatic rings. The first-order chi connectivity index (χ1) is 12.5. The van der Waals surface area contributed by atoms with E-state index in [1.54, 1.807) is 0 Å². The summed E-state index contributed by atoms with van der Waals surface area (Å²) in [5.41, 5.74) is 1.01. The molecule has 7 nitrogen and oxygen atoms in total. The zero-order valence-electron chi connectivity index (χ0n) is 14.5. The van der Waals surface area contributed by atoms with Crippen LogP contribution in [0.3, 0.4) is 0 Å². The Morgan fingerprint density at radius 1 is 1.31 bits per heavy atom. The van der Waals surface area contributed by atoms with Crippen LogP contribution in [-0.4, -0.2) is 37.3 Å². The summed E-state index contributed by atoms with van der Waals surface area (Å²) in [6, 6.07) is 9.61. The number of ether oxygens (including phenoxy) is 1. The lowest BCUT2D eigenvalue weighted by atomic mass is 9.97. The van der Waals surface area contributed by atoms with Crippen molar-refractivity contribution >= 4 is 15.9 Å². The molecule has 1 amide bonds. The standard InChI is InChI=1S/C18H23N3O4S/c22-18(9-8-16-7-4-10-25-14-16)20-26(23,24)17-11-19-21(13-17)12-15-5-2-1-3-6-15/h1-3,5-6,11,13,16H,4,7-10,12,14H2,(H,20,22). The molecule has 1 aliphatic heterocycles. The number of sulfonamides is 1. The fourth-order valence-corrected chi connectivity index (χ4v) is 3.94. The van der Waals surface area contributed by atoms with Gasteiger partial charge in [-0.2, -0.15) is 5.10 Å². The summed E-state index contributed by atoms with van der Waals surface area (Å²) in [5.74, 6) is -0.169. The van der Waals surface area contributed by atoms with E-state index >= 15 is 0 Å². The van der Waals surface area contributed by atoms with Gasteiger partial charge in [0.1, 0.15) is 4.90 Å². The Labute approximate surface area is 153 Å². The molecule has 1 atom stereocenters. The normalized spacial score (nSPS) is 17.8. The Balaban J connectivity index is 1.55. The number of rotatable bonds is 7. The molecular formula is C18H23N3O4S. The zero-order valence-corrected chi connectivity index (χ0v) is 15.3. The van der Waals surface area contributed by atoms with Crippen molar-refractivity contribution in [3.8, 4) is 0 Å². The zero-order chi connectivity index (χ0) is 18.4. The van der Waals surface area contributed by atoms with Gasteiger partial charge in [0.2, 0.25) is 5.91 Å². The number of carbonyl (C=O) groups is 1. The van der Waals surface area contributed by atoms with Crippen LogP contribution in [0.1, 0.15) is 31.2 Å². The largest absolute Gasteiger partial charge is 0.381 e. The molecule has 8 heteroatoms. The molecule has 140 valence electrons. The molecule has 1 aromatic carbocycles. The van der Waals surface area contributed by atoms with Crippen molar-refractivity contribution in [2.24, 2.45) is 5.92 Å². The molecule has 2 heterocycles. The summed E-state index contributed by atoms with van der Waals surface area (Å²) in [6.07, 6.45) is 5.50. The van der Waals surface area contributed by atoms with Crippen molar-refractivity contribution < 1.29 is 17.9 Å². The second-order valence-electron chi connectivity index (χ2n) is 6.51. The van der Waals surface area contributed by atoms with E-state index in [0.717, 1.165) is 25.0 Å². The number of benzene rings is 1. The summed E-state index contributed by atoms with van der Waals surface area (Å²) in [5, 5.41) is 4.07. The van der Waals surface area contributed by atoms with Gasteiger partial charge in [0.15, 0.2) is 0 Å². The third-order valence-electron chi connectivity index (χ3n) is 4.39. The van der Waals surface area contributed by atoms with Gasteiger partial charge in [-0.05, 0) is 30.7 Å². The second-order valence-corrected chi connectivity index (χ2v) is 8.19. The van der Waals surface area contributed by atoms with Crippen LogP contribution in [-0.2, 0) is 26.1 Å². The van der Waals surface area contributed by atoms with Gasteiger partial charge in [-0.3, -0.25) is 9.48 Å². The highest BCUT2D eigenvalue weighted by atomic mass is 32.2. The number of hydrogen-bond donors (Lipinski definition) is 1. The minimum atomic E-state index is -3.90. The van der Waals surface area contributed by atoms with Crippen LogP contribution in [0.4, 0.5) is 0 Å². The van der Waals surface area contributed by atoms with Crippen molar-refractivity contribution in [2.45, 2.75) is 37.1 Å². The number of amides is 1. The lowest BCUT2D eigenvalue weighted by molar-refractivity contribution is -0.119. The van der Waals surface area contributed by atoms with E-state index in [1.165, 1.54) is 17.1 Å². The lowest BCUT2D eigenvalue weighted by Gasteiger charge is -2.21. The van der Waals surface area contributed by atoms with Crippen LogP contribution >= 0.6 is 0 Å². The third-order valence-corrected chi connectivity index (χ3v) is 5.72. The summed E-state index contributed by atoms with van der Waals surface area (Å²) in [6.45, 7) is 1.88. The van der Waals surface area contributed by atoms with Crippen LogP contribution in [0.15, 0.2) is 47.6 Å². The highest BCUT2D eigenvalue weighted by Gasteiger charge is 2.21. The molecule has 0 bridgehead atoms. The van der Waals surface area contributed by atoms with Gasteiger partial charge in [0, 0.05) is 25.8 Å². The molecule has 1 saturated heterocycles. The van der Waals surface area contributed by atoms with Crippen molar-refractivity contribution in [3.05, 3.63) is 48.3 Å². The molecule has 26 heavy (non-hydrogen) atoms. The first-order valence-electron chi connectivity index (χ1n) is 8.73. The summed E-state index contributed by atoms with van der Waals surface area (Å²) >= 11 is 0. The molecule has 0 saturated carbocycles. The van der Waals surface area contributed by atoms with Gasteiger partial charge in [-0.15, -0.1) is 0 Å². The minimum Gasteiger partial charge on any atom is -0.381 e. The van der Waals surface area contributed by atoms with E-state index in [2.05, 4.69) is 9.82 Å². The van der Waals surface area contributed by atoms with Crippen molar-refractivity contribution in [2.75, 3.05) is 13.2 Å². The Bertz CT molecular complexity index is 827. The average molecular weight is 377 g/mol. The predicted octanol–water partition coefficient (Wildman–Crippen LogP) is 1.94. The lowest BCUT2D eigenvalue weighted by Crippen LogP contribution is -2.31. The van der Waals surface area contributed by atoms with Crippen molar-refractivity contribution in [1.29, 1.82) is 0 Å². The first kappa shape index (κ1) is 18.6. The molecule has 1 unspecified atom stereocenters. The van der Waals surface area contributed by atoms with E-state index in [4.69, 9.17) is 4.74 Å². The molecule has 1 N–H and O–H groups in total. The van der Waals surface area contributed by atoms with Gasteiger partial charge >= 0.3 is 0 Å². The average Bonchev–Trinajstić information content (AvgIpc) is 3.11. The fraction of sp³-hybridized carbons (Fsp3) is 0.444. The number of nitrogens with one attached hydrogen (secondary N) is 1. The summed E-state index contributed by atoms with van der Waals surface area (Å²) in [4.78, 5) is 12.0. The maximum atomic E-state index is 12.3. The molecule has 0 radical (unpaired) electrons. The van der Waals surface area contributed by atoms with Gasteiger partial charge in [-0.25, -0.2) is 13.1 Å². The van der Waals surface area contributed by atoms with Crippen molar-refractivity contribution in [1.82, 2.24) is 14.5 Å². The van der Waals surface area contributed by atoms with E-state index in [1.807, 2.05) is 30.3 Å². The Morgan fingerprint density at radius 3 is 2.85 bits per heavy atom. The van der Waals surface area contributed by atoms with E-state index in [9.17, 15) is 13.2 Å². The van der Waals surface area contributed by atoms with E-state index < -0.39 is 15.9 Å². The molecule has 1 aliphatic rings. The molecule has 0 spiro atoms. The second kappa shape index (κ2) is 8.46. The number of hydrogen-bond acceptors (Lipinski definition) is 5. The first-order valence-corrected chi connectivity index (χ1v) is 10.2. The highest BCUT2D eigenvalue weighted by molar-refractivity contribution is 7.90. The monoisotopic (exact) mass is 377 g/mol. The topological polar surface area (TPSA) is 90.3 Å². The van der Waals surface area contributed by atoms with Crippen LogP contribution in [0.5, 0.6) is 0 Å². The van der Waals surface area contributed by atoms with E-state index in [-0.39, 0.29) is 11.3 Å². The number of carbonyl (C=O) groups excluding carboxylic acids is 1. The van der Waals surface area contributed by atoms with Crippen LogP contribution in [0.25, 0.3) is 0 Å². The smallest absolute Gasteiger partial charge is 0.267 e. The predicted molar refractivity (Wildman–Crippen MR) is 95.9 cm³/mol.